The zero-order valence-electron chi connectivity index (χ0n) is 15.0. The van der Waals surface area contributed by atoms with Crippen LogP contribution in [-0.4, -0.2) is 15.7 Å². The summed E-state index contributed by atoms with van der Waals surface area (Å²) >= 11 is 6.22. The lowest BCUT2D eigenvalue weighted by Crippen LogP contribution is -2.13. The number of alkyl halides is 3. The topological polar surface area (TPSA) is 44.1 Å². The van der Waals surface area contributed by atoms with Crippen LogP contribution in [0, 0.1) is 0 Å². The third-order valence-corrected chi connectivity index (χ3v) is 4.31. The van der Waals surface area contributed by atoms with E-state index in [0.717, 1.165) is 18.2 Å². The number of carbonyl (C=O) groups excluding carboxylic acids is 1. The van der Waals surface area contributed by atoms with E-state index in [0.29, 0.717) is 16.4 Å². The zero-order valence-corrected chi connectivity index (χ0v) is 15.8. The standard InChI is InChI=1S/C20H16ClF3N2O2/c1-12(2)16-11-18(26(25-16)17-9-4-3-8-15(17)21)28-19(27)13-6-5-7-14(10-13)20(22,23)24/h3-12H,1-2H3. The molecule has 0 radical (unpaired) electrons. The van der Waals surface area contributed by atoms with Gasteiger partial charge in [-0.3, -0.25) is 0 Å². The van der Waals surface area contributed by atoms with E-state index in [9.17, 15) is 18.0 Å². The van der Waals surface area contributed by atoms with Crippen LogP contribution in [0.25, 0.3) is 5.69 Å². The number of hydrogen-bond acceptors (Lipinski definition) is 3. The molecule has 4 nitrogen and oxygen atoms in total. The van der Waals surface area contributed by atoms with E-state index >= 15 is 0 Å². The molecule has 0 saturated heterocycles. The maximum absolute atomic E-state index is 12.9. The first-order valence-corrected chi connectivity index (χ1v) is 8.79. The summed E-state index contributed by atoms with van der Waals surface area (Å²) in [5.74, 6) is -0.816. The lowest BCUT2D eigenvalue weighted by molar-refractivity contribution is -0.137. The van der Waals surface area contributed by atoms with Crippen molar-refractivity contribution in [3.8, 4) is 11.6 Å². The number of aromatic nitrogens is 2. The van der Waals surface area contributed by atoms with Gasteiger partial charge in [-0.2, -0.15) is 23.0 Å². The third-order valence-electron chi connectivity index (χ3n) is 3.99. The van der Waals surface area contributed by atoms with Crippen LogP contribution in [0.4, 0.5) is 13.2 Å². The maximum Gasteiger partial charge on any atom is 0.416 e. The molecular formula is C20H16ClF3N2O2. The fourth-order valence-corrected chi connectivity index (χ4v) is 2.72. The van der Waals surface area contributed by atoms with Crippen molar-refractivity contribution in [3.05, 3.63) is 76.4 Å². The van der Waals surface area contributed by atoms with Crippen LogP contribution in [0.1, 0.15) is 41.4 Å². The van der Waals surface area contributed by atoms with Crippen LogP contribution >= 0.6 is 11.6 Å². The number of ether oxygens (including phenoxy) is 1. The van der Waals surface area contributed by atoms with Crippen LogP contribution < -0.4 is 4.74 Å². The molecule has 0 spiro atoms. The second-order valence-electron chi connectivity index (χ2n) is 6.39. The van der Waals surface area contributed by atoms with Crippen molar-refractivity contribution in [1.82, 2.24) is 9.78 Å². The number of nitrogens with zero attached hydrogens (tertiary/aromatic N) is 2. The molecule has 3 rings (SSSR count). The Balaban J connectivity index is 1.98. The van der Waals surface area contributed by atoms with E-state index in [1.54, 1.807) is 30.3 Å². The summed E-state index contributed by atoms with van der Waals surface area (Å²) in [7, 11) is 0. The summed E-state index contributed by atoms with van der Waals surface area (Å²) in [6, 6.07) is 12.5. The van der Waals surface area contributed by atoms with Crippen molar-refractivity contribution in [2.24, 2.45) is 0 Å². The normalized spacial score (nSPS) is 11.7. The summed E-state index contributed by atoms with van der Waals surface area (Å²) in [5.41, 5.74) is -0.00747. The Kier molecular flexibility index (Phi) is 5.47. The smallest absolute Gasteiger partial charge is 0.404 e. The predicted octanol–water partition coefficient (Wildman–Crippen LogP) is 5.89. The minimum Gasteiger partial charge on any atom is -0.404 e. The van der Waals surface area contributed by atoms with Crippen molar-refractivity contribution < 1.29 is 22.7 Å². The van der Waals surface area contributed by atoms with E-state index < -0.39 is 17.7 Å². The Morgan fingerprint density at radius 2 is 1.82 bits per heavy atom. The van der Waals surface area contributed by atoms with E-state index in [-0.39, 0.29) is 17.4 Å². The molecule has 0 atom stereocenters. The van der Waals surface area contributed by atoms with Crippen LogP contribution in [-0.2, 0) is 6.18 Å². The molecule has 0 aliphatic heterocycles. The largest absolute Gasteiger partial charge is 0.416 e. The average molecular weight is 409 g/mol. The second-order valence-corrected chi connectivity index (χ2v) is 6.80. The summed E-state index contributed by atoms with van der Waals surface area (Å²) in [5, 5.41) is 4.81. The van der Waals surface area contributed by atoms with Crippen molar-refractivity contribution in [2.75, 3.05) is 0 Å². The lowest BCUT2D eigenvalue weighted by Gasteiger charge is -2.10. The molecule has 1 aromatic heterocycles. The Labute approximate surface area is 164 Å². The fraction of sp³-hybridized carbons (Fsp3) is 0.200. The molecule has 28 heavy (non-hydrogen) atoms. The highest BCUT2D eigenvalue weighted by Crippen LogP contribution is 2.31. The van der Waals surface area contributed by atoms with Crippen molar-refractivity contribution in [3.63, 3.8) is 0 Å². The van der Waals surface area contributed by atoms with E-state index in [1.807, 2.05) is 13.8 Å². The van der Waals surface area contributed by atoms with E-state index in [4.69, 9.17) is 16.3 Å². The monoisotopic (exact) mass is 408 g/mol. The van der Waals surface area contributed by atoms with E-state index in [2.05, 4.69) is 5.10 Å². The molecule has 0 unspecified atom stereocenters. The number of para-hydroxylation sites is 1. The third kappa shape index (κ3) is 4.20. The summed E-state index contributed by atoms with van der Waals surface area (Å²) < 4.78 is 45.4. The molecule has 0 N–H and O–H groups in total. The highest BCUT2D eigenvalue weighted by molar-refractivity contribution is 6.32. The number of hydrogen-bond donors (Lipinski definition) is 0. The summed E-state index contributed by atoms with van der Waals surface area (Å²) in [6.45, 7) is 3.83. The predicted molar refractivity (Wildman–Crippen MR) is 99.1 cm³/mol. The quantitative estimate of drug-likeness (QED) is 0.506. The van der Waals surface area contributed by atoms with Gasteiger partial charge >= 0.3 is 12.1 Å². The molecule has 3 aromatic rings. The molecule has 1 heterocycles. The second kappa shape index (κ2) is 7.67. The average Bonchev–Trinajstić information content (AvgIpc) is 3.05. The van der Waals surface area contributed by atoms with Crippen LogP contribution in [0.5, 0.6) is 5.88 Å². The van der Waals surface area contributed by atoms with E-state index in [1.165, 1.54) is 10.7 Å². The lowest BCUT2D eigenvalue weighted by atomic mass is 10.1. The molecule has 0 saturated carbocycles. The Hall–Kier alpha value is -2.80. The molecule has 0 bridgehead atoms. The van der Waals surface area contributed by atoms with Crippen molar-refractivity contribution in [1.29, 1.82) is 0 Å². The number of esters is 1. The number of halogens is 4. The van der Waals surface area contributed by atoms with Gasteiger partial charge in [-0.1, -0.05) is 43.6 Å². The first-order valence-electron chi connectivity index (χ1n) is 8.41. The Bertz CT molecular complexity index is 1010. The maximum atomic E-state index is 12.9. The van der Waals surface area contributed by atoms with Gasteiger partial charge in [0.1, 0.15) is 0 Å². The van der Waals surface area contributed by atoms with Crippen molar-refractivity contribution >= 4 is 17.6 Å². The van der Waals surface area contributed by atoms with Crippen LogP contribution in [0.3, 0.4) is 0 Å². The van der Waals surface area contributed by atoms with Crippen LogP contribution in [0.2, 0.25) is 5.02 Å². The van der Waals surface area contributed by atoms with Gasteiger partial charge < -0.3 is 4.74 Å². The molecule has 2 aromatic carbocycles. The molecule has 0 aliphatic carbocycles. The van der Waals surface area contributed by atoms with Gasteiger partial charge in [0.15, 0.2) is 0 Å². The Morgan fingerprint density at radius 1 is 1.11 bits per heavy atom. The molecule has 0 fully saturated rings. The number of rotatable bonds is 4. The number of carbonyl (C=O) groups is 1. The van der Waals surface area contributed by atoms with Crippen molar-refractivity contribution in [2.45, 2.75) is 25.9 Å². The van der Waals surface area contributed by atoms with Crippen LogP contribution in [0.15, 0.2) is 54.6 Å². The van der Waals surface area contributed by atoms with Gasteiger partial charge in [-0.15, -0.1) is 0 Å². The molecule has 0 amide bonds. The highest BCUT2D eigenvalue weighted by Gasteiger charge is 2.31. The first kappa shape index (κ1) is 19.9. The summed E-state index contributed by atoms with van der Waals surface area (Å²) in [6.07, 6.45) is -4.56. The van der Waals surface area contributed by atoms with Gasteiger partial charge in [-0.05, 0) is 36.2 Å². The zero-order chi connectivity index (χ0) is 20.5. The summed E-state index contributed by atoms with van der Waals surface area (Å²) in [4.78, 5) is 12.5. The van der Waals surface area contributed by atoms with Gasteiger partial charge in [0.2, 0.25) is 5.88 Å². The van der Waals surface area contributed by atoms with Gasteiger partial charge in [-0.25, -0.2) is 4.79 Å². The first-order chi connectivity index (χ1) is 13.2. The Morgan fingerprint density at radius 3 is 2.46 bits per heavy atom. The fourth-order valence-electron chi connectivity index (χ4n) is 2.51. The van der Waals surface area contributed by atoms with Gasteiger partial charge in [0.05, 0.1) is 27.5 Å². The molecule has 0 aliphatic rings. The molecule has 8 heteroatoms. The molecular weight excluding hydrogens is 393 g/mol. The SMILES string of the molecule is CC(C)c1cc(OC(=O)c2cccc(C(F)(F)F)c2)n(-c2ccccc2Cl)n1. The minimum absolute atomic E-state index is 0.0368. The minimum atomic E-state index is -4.56. The van der Waals surface area contributed by atoms with Gasteiger partial charge in [0, 0.05) is 6.07 Å². The molecule has 146 valence electrons. The number of benzene rings is 2. The van der Waals surface area contributed by atoms with Gasteiger partial charge in [0.25, 0.3) is 0 Å². The highest BCUT2D eigenvalue weighted by atomic mass is 35.5.